The molecule has 0 aliphatic heterocycles. The minimum absolute atomic E-state index is 0.105. The maximum absolute atomic E-state index is 13.9. The zero-order chi connectivity index (χ0) is 15.3. The number of anilines is 1. The Labute approximate surface area is 118 Å². The van der Waals surface area contributed by atoms with Crippen LogP contribution in [-0.2, 0) is 9.53 Å². The van der Waals surface area contributed by atoms with E-state index in [0.29, 0.717) is 6.29 Å². The summed E-state index contributed by atoms with van der Waals surface area (Å²) in [6.07, 6.45) is 0.133. The zero-order valence-electron chi connectivity index (χ0n) is 12.2. The largest absolute Gasteiger partial charge is 0.443 e. The fourth-order valence-corrected chi connectivity index (χ4v) is 1.72. The van der Waals surface area contributed by atoms with E-state index in [2.05, 4.69) is 0 Å². The number of ether oxygens (including phenoxy) is 1. The summed E-state index contributed by atoms with van der Waals surface area (Å²) in [6, 6.07) is 5.43. The summed E-state index contributed by atoms with van der Waals surface area (Å²) in [5, 5.41) is 0. The van der Waals surface area contributed by atoms with E-state index in [1.807, 2.05) is 0 Å². The van der Waals surface area contributed by atoms with Crippen molar-refractivity contribution in [3.8, 4) is 0 Å². The number of rotatable bonds is 4. The summed E-state index contributed by atoms with van der Waals surface area (Å²) in [4.78, 5) is 24.1. The first-order valence-corrected chi connectivity index (χ1v) is 6.46. The van der Waals surface area contributed by atoms with Crippen molar-refractivity contribution < 1.29 is 18.7 Å². The van der Waals surface area contributed by atoms with E-state index in [4.69, 9.17) is 4.74 Å². The minimum Gasteiger partial charge on any atom is -0.443 e. The smallest absolute Gasteiger partial charge is 0.415 e. The average molecular weight is 281 g/mol. The van der Waals surface area contributed by atoms with E-state index in [-0.39, 0.29) is 12.1 Å². The molecule has 1 unspecified atom stereocenters. The third kappa shape index (κ3) is 4.33. The van der Waals surface area contributed by atoms with Gasteiger partial charge in [0.2, 0.25) is 0 Å². The Morgan fingerprint density at radius 3 is 2.50 bits per heavy atom. The van der Waals surface area contributed by atoms with Gasteiger partial charge in [-0.25, -0.2) is 9.18 Å². The molecule has 1 atom stereocenters. The van der Waals surface area contributed by atoms with E-state index >= 15 is 0 Å². The molecule has 0 heterocycles. The topological polar surface area (TPSA) is 46.6 Å². The normalized spacial score (nSPS) is 12.7. The Bertz CT molecular complexity index is 482. The lowest BCUT2D eigenvalue weighted by Crippen LogP contribution is -2.43. The minimum atomic E-state index is -0.693. The van der Waals surface area contributed by atoms with Crippen molar-refractivity contribution in [2.75, 3.05) is 4.90 Å². The average Bonchev–Trinajstić information content (AvgIpc) is 2.30. The Balaban J connectivity index is 3.12. The number of hydrogen-bond donors (Lipinski definition) is 0. The Morgan fingerprint density at radius 1 is 1.40 bits per heavy atom. The number of carbonyl (C=O) groups is 2. The van der Waals surface area contributed by atoms with Crippen LogP contribution in [0.1, 0.15) is 34.1 Å². The van der Waals surface area contributed by atoms with E-state index in [1.54, 1.807) is 33.8 Å². The van der Waals surface area contributed by atoms with Gasteiger partial charge in [0.25, 0.3) is 0 Å². The molecule has 0 saturated heterocycles. The van der Waals surface area contributed by atoms with Crippen molar-refractivity contribution in [3.63, 3.8) is 0 Å². The second-order valence-corrected chi connectivity index (χ2v) is 5.55. The molecular weight excluding hydrogens is 261 g/mol. The van der Waals surface area contributed by atoms with Gasteiger partial charge in [-0.05, 0) is 39.8 Å². The van der Waals surface area contributed by atoms with Crippen molar-refractivity contribution in [2.24, 2.45) is 0 Å². The summed E-state index contributed by atoms with van der Waals surface area (Å²) in [5.74, 6) is -0.531. The number of benzene rings is 1. The standard InChI is InChI=1S/C15H20FNO3/c1-11(9-10-18)17(14(19)20-15(2,3)4)13-8-6-5-7-12(13)16/h5-8,10-11H,9H2,1-4H3. The number of halogens is 1. The van der Waals surface area contributed by atoms with Crippen LogP contribution in [0.25, 0.3) is 0 Å². The number of hydrogen-bond acceptors (Lipinski definition) is 3. The monoisotopic (exact) mass is 281 g/mol. The van der Waals surface area contributed by atoms with Gasteiger partial charge >= 0.3 is 6.09 Å². The number of para-hydroxylation sites is 1. The molecule has 0 aliphatic rings. The molecule has 0 radical (unpaired) electrons. The van der Waals surface area contributed by atoms with Crippen LogP contribution in [0.2, 0.25) is 0 Å². The van der Waals surface area contributed by atoms with Crippen molar-refractivity contribution in [2.45, 2.75) is 45.8 Å². The maximum atomic E-state index is 13.9. The molecular formula is C15H20FNO3. The van der Waals surface area contributed by atoms with Crippen LogP contribution in [0.5, 0.6) is 0 Å². The lowest BCUT2D eigenvalue weighted by Gasteiger charge is -2.31. The van der Waals surface area contributed by atoms with Gasteiger partial charge in [0, 0.05) is 12.5 Å². The molecule has 1 aromatic rings. The molecule has 5 heteroatoms. The molecule has 20 heavy (non-hydrogen) atoms. The molecule has 4 nitrogen and oxygen atoms in total. The van der Waals surface area contributed by atoms with E-state index in [0.717, 1.165) is 0 Å². The summed E-state index contributed by atoms with van der Waals surface area (Å²) in [7, 11) is 0. The first kappa shape index (κ1) is 16.1. The highest BCUT2D eigenvalue weighted by atomic mass is 19.1. The van der Waals surface area contributed by atoms with Crippen molar-refractivity contribution in [1.29, 1.82) is 0 Å². The van der Waals surface area contributed by atoms with Gasteiger partial charge in [-0.3, -0.25) is 4.90 Å². The van der Waals surface area contributed by atoms with Crippen molar-refractivity contribution in [1.82, 2.24) is 0 Å². The predicted octanol–water partition coefficient (Wildman–Crippen LogP) is 3.54. The molecule has 1 amide bonds. The lowest BCUT2D eigenvalue weighted by atomic mass is 10.1. The molecule has 0 aromatic heterocycles. The number of amides is 1. The molecule has 0 bridgehead atoms. The Kier molecular flexibility index (Phi) is 5.25. The van der Waals surface area contributed by atoms with E-state index < -0.39 is 23.6 Å². The second kappa shape index (κ2) is 6.50. The summed E-state index contributed by atoms with van der Waals surface area (Å²) >= 11 is 0. The van der Waals surface area contributed by atoms with Crippen LogP contribution in [0.4, 0.5) is 14.9 Å². The second-order valence-electron chi connectivity index (χ2n) is 5.55. The van der Waals surface area contributed by atoms with Crippen LogP contribution in [-0.4, -0.2) is 24.0 Å². The van der Waals surface area contributed by atoms with Crippen LogP contribution in [0.15, 0.2) is 24.3 Å². The van der Waals surface area contributed by atoms with Gasteiger partial charge in [0.05, 0.1) is 5.69 Å². The summed E-state index contributed by atoms with van der Waals surface area (Å²) < 4.78 is 19.2. The fraction of sp³-hybridized carbons (Fsp3) is 0.467. The molecule has 1 rings (SSSR count). The van der Waals surface area contributed by atoms with Crippen LogP contribution < -0.4 is 4.90 Å². The highest BCUT2D eigenvalue weighted by molar-refractivity contribution is 5.89. The van der Waals surface area contributed by atoms with Crippen LogP contribution in [0, 0.1) is 5.82 Å². The third-order valence-corrected chi connectivity index (χ3v) is 2.58. The molecule has 0 aliphatic carbocycles. The van der Waals surface area contributed by atoms with Gasteiger partial charge in [0.1, 0.15) is 17.7 Å². The molecule has 0 N–H and O–H groups in total. The predicted molar refractivity (Wildman–Crippen MR) is 75.3 cm³/mol. The molecule has 0 saturated carbocycles. The number of carbonyl (C=O) groups excluding carboxylic acids is 2. The maximum Gasteiger partial charge on any atom is 0.415 e. The SMILES string of the molecule is CC(CC=O)N(C(=O)OC(C)(C)C)c1ccccc1F. The van der Waals surface area contributed by atoms with E-state index in [1.165, 1.54) is 23.1 Å². The molecule has 0 spiro atoms. The Morgan fingerprint density at radius 2 is 2.00 bits per heavy atom. The van der Waals surface area contributed by atoms with Gasteiger partial charge in [0.15, 0.2) is 0 Å². The molecule has 110 valence electrons. The van der Waals surface area contributed by atoms with E-state index in [9.17, 15) is 14.0 Å². The molecule has 0 fully saturated rings. The van der Waals surface area contributed by atoms with Gasteiger partial charge in [-0.15, -0.1) is 0 Å². The summed E-state index contributed by atoms with van der Waals surface area (Å²) in [5.41, 5.74) is -0.585. The van der Waals surface area contributed by atoms with Gasteiger partial charge in [-0.2, -0.15) is 0 Å². The highest BCUT2D eigenvalue weighted by Gasteiger charge is 2.28. The van der Waals surface area contributed by atoms with Crippen molar-refractivity contribution >= 4 is 18.1 Å². The van der Waals surface area contributed by atoms with Gasteiger partial charge in [-0.1, -0.05) is 12.1 Å². The zero-order valence-corrected chi connectivity index (χ0v) is 12.2. The Hall–Kier alpha value is -1.91. The fourth-order valence-electron chi connectivity index (χ4n) is 1.72. The van der Waals surface area contributed by atoms with Crippen LogP contribution >= 0.6 is 0 Å². The quantitative estimate of drug-likeness (QED) is 0.793. The van der Waals surface area contributed by atoms with Gasteiger partial charge < -0.3 is 9.53 Å². The lowest BCUT2D eigenvalue weighted by molar-refractivity contribution is -0.108. The van der Waals surface area contributed by atoms with Crippen molar-refractivity contribution in [3.05, 3.63) is 30.1 Å². The highest BCUT2D eigenvalue weighted by Crippen LogP contribution is 2.24. The number of nitrogens with zero attached hydrogens (tertiary/aromatic N) is 1. The number of aldehydes is 1. The van der Waals surface area contributed by atoms with Crippen LogP contribution in [0.3, 0.4) is 0 Å². The first-order valence-electron chi connectivity index (χ1n) is 6.46. The third-order valence-electron chi connectivity index (χ3n) is 2.58. The first-order chi connectivity index (χ1) is 9.26. The molecule has 1 aromatic carbocycles. The summed E-state index contributed by atoms with van der Waals surface area (Å²) in [6.45, 7) is 6.86.